The molecule has 2 nitrogen and oxygen atoms in total. The van der Waals surface area contributed by atoms with Crippen LogP contribution in [0.2, 0.25) is 0 Å². The van der Waals surface area contributed by atoms with Gasteiger partial charge < -0.3 is 10.0 Å². The van der Waals surface area contributed by atoms with Gasteiger partial charge in [-0.15, -0.1) is 6.42 Å². The number of hydrogen-bond donors (Lipinski definition) is 1. The fourth-order valence-electron chi connectivity index (χ4n) is 2.03. The maximum Gasteiger partial charge on any atom is 0.128 e. The fourth-order valence-corrected chi connectivity index (χ4v) is 2.03. The highest BCUT2D eigenvalue weighted by atomic mass is 16.3. The van der Waals surface area contributed by atoms with Crippen LogP contribution in [-0.2, 0) is 0 Å². The van der Waals surface area contributed by atoms with Crippen LogP contribution in [0.1, 0.15) is 18.4 Å². The number of piperidine rings is 1. The van der Waals surface area contributed by atoms with E-state index in [0.29, 0.717) is 12.8 Å². The highest BCUT2D eigenvalue weighted by molar-refractivity contribution is 5.48. The van der Waals surface area contributed by atoms with Gasteiger partial charge in [-0.1, -0.05) is 23.6 Å². The van der Waals surface area contributed by atoms with Crippen LogP contribution in [0.15, 0.2) is 24.3 Å². The molecule has 1 aromatic rings. The van der Waals surface area contributed by atoms with Gasteiger partial charge in [0.25, 0.3) is 0 Å². The van der Waals surface area contributed by atoms with Crippen molar-refractivity contribution in [1.29, 1.82) is 0 Å². The van der Waals surface area contributed by atoms with Gasteiger partial charge in [0.15, 0.2) is 0 Å². The summed E-state index contributed by atoms with van der Waals surface area (Å²) in [6, 6.07) is 8.46. The Balaban J connectivity index is 2.05. The van der Waals surface area contributed by atoms with Crippen molar-refractivity contribution in [2.75, 3.05) is 18.0 Å². The number of aliphatic hydroxyl groups is 1. The molecule has 1 aliphatic rings. The van der Waals surface area contributed by atoms with Gasteiger partial charge in [0.2, 0.25) is 0 Å². The predicted molar refractivity (Wildman–Crippen MR) is 66.4 cm³/mol. The molecule has 0 unspecified atom stereocenters. The molecule has 2 rings (SSSR count). The largest absolute Gasteiger partial charge is 0.377 e. The van der Waals surface area contributed by atoms with E-state index in [1.807, 2.05) is 0 Å². The molecule has 0 aromatic heterocycles. The summed E-state index contributed by atoms with van der Waals surface area (Å²) in [5.41, 5.74) is 1.59. The summed E-state index contributed by atoms with van der Waals surface area (Å²) >= 11 is 0. The van der Waals surface area contributed by atoms with Gasteiger partial charge in [0, 0.05) is 31.6 Å². The van der Waals surface area contributed by atoms with Crippen molar-refractivity contribution in [3.63, 3.8) is 0 Å². The van der Waals surface area contributed by atoms with Crippen LogP contribution in [-0.4, -0.2) is 23.8 Å². The van der Waals surface area contributed by atoms with Crippen LogP contribution >= 0.6 is 0 Å². The average Bonchev–Trinajstić information content (AvgIpc) is 2.32. The third kappa shape index (κ3) is 2.20. The maximum absolute atomic E-state index is 9.93. The Kier molecular flexibility index (Phi) is 2.89. The van der Waals surface area contributed by atoms with E-state index in [9.17, 15) is 5.11 Å². The van der Waals surface area contributed by atoms with Crippen LogP contribution in [0.3, 0.4) is 0 Å². The second-order valence-corrected chi connectivity index (χ2v) is 4.50. The average molecular weight is 215 g/mol. The quantitative estimate of drug-likeness (QED) is 0.724. The molecule has 0 bridgehead atoms. The zero-order valence-electron chi connectivity index (χ0n) is 9.61. The van der Waals surface area contributed by atoms with Crippen molar-refractivity contribution in [2.45, 2.75) is 25.4 Å². The zero-order chi connectivity index (χ0) is 11.6. The lowest BCUT2D eigenvalue weighted by Crippen LogP contribution is -2.43. The molecule has 0 spiro atoms. The normalized spacial score (nSPS) is 19.2. The summed E-state index contributed by atoms with van der Waals surface area (Å²) in [5.74, 6) is 2.49. The van der Waals surface area contributed by atoms with E-state index in [1.165, 1.54) is 11.3 Å². The number of rotatable bonds is 1. The van der Waals surface area contributed by atoms with E-state index in [0.717, 1.165) is 13.1 Å². The van der Waals surface area contributed by atoms with Crippen LogP contribution in [0.5, 0.6) is 0 Å². The van der Waals surface area contributed by atoms with Gasteiger partial charge in [0.1, 0.15) is 5.60 Å². The van der Waals surface area contributed by atoms with Crippen molar-refractivity contribution >= 4 is 5.69 Å². The summed E-state index contributed by atoms with van der Waals surface area (Å²) in [7, 11) is 0. The molecule has 16 heavy (non-hydrogen) atoms. The number of hydrogen-bond acceptors (Lipinski definition) is 2. The Bertz CT molecular complexity index is 394. The topological polar surface area (TPSA) is 23.5 Å². The zero-order valence-corrected chi connectivity index (χ0v) is 9.61. The molecule has 0 amide bonds. The minimum atomic E-state index is -0.888. The molecule has 1 heterocycles. The summed E-state index contributed by atoms with van der Waals surface area (Å²) in [6.45, 7) is 3.73. The molecule has 0 atom stereocenters. The van der Waals surface area contributed by atoms with E-state index in [-0.39, 0.29) is 0 Å². The second kappa shape index (κ2) is 4.19. The fraction of sp³-hybridized carbons (Fsp3) is 0.429. The Morgan fingerprint density at radius 3 is 2.31 bits per heavy atom. The van der Waals surface area contributed by atoms with Crippen LogP contribution in [0.25, 0.3) is 0 Å². The Morgan fingerprint density at radius 2 is 1.81 bits per heavy atom. The molecule has 0 radical (unpaired) electrons. The van der Waals surface area contributed by atoms with E-state index < -0.39 is 5.60 Å². The highest BCUT2D eigenvalue weighted by Gasteiger charge is 2.29. The standard InChI is InChI=1S/C14H17NO/c1-3-14(16)8-10-15(11-9-14)13-6-4-12(2)5-7-13/h1,4-7,16H,8-11H2,2H3. The first-order chi connectivity index (χ1) is 7.63. The highest BCUT2D eigenvalue weighted by Crippen LogP contribution is 2.25. The molecule has 0 aliphatic carbocycles. The van der Waals surface area contributed by atoms with Crippen LogP contribution in [0, 0.1) is 19.3 Å². The van der Waals surface area contributed by atoms with Crippen molar-refractivity contribution in [2.24, 2.45) is 0 Å². The van der Waals surface area contributed by atoms with Crippen molar-refractivity contribution < 1.29 is 5.11 Å². The smallest absolute Gasteiger partial charge is 0.128 e. The lowest BCUT2D eigenvalue weighted by atomic mass is 9.92. The third-order valence-corrected chi connectivity index (χ3v) is 3.26. The molecule has 1 N–H and O–H groups in total. The number of terminal acetylenes is 1. The Morgan fingerprint density at radius 1 is 1.25 bits per heavy atom. The van der Waals surface area contributed by atoms with E-state index in [4.69, 9.17) is 6.42 Å². The molecule has 1 aromatic carbocycles. The Hall–Kier alpha value is -1.46. The molecule has 1 saturated heterocycles. The molecule has 1 aliphatic heterocycles. The van der Waals surface area contributed by atoms with E-state index >= 15 is 0 Å². The van der Waals surface area contributed by atoms with Crippen molar-refractivity contribution in [3.8, 4) is 12.3 Å². The number of nitrogens with zero attached hydrogens (tertiary/aromatic N) is 1. The molecule has 84 valence electrons. The third-order valence-electron chi connectivity index (χ3n) is 3.26. The van der Waals surface area contributed by atoms with Crippen LogP contribution < -0.4 is 4.90 Å². The first-order valence-corrected chi connectivity index (χ1v) is 5.65. The van der Waals surface area contributed by atoms with Gasteiger partial charge in [0.05, 0.1) is 0 Å². The molecular formula is C14H17NO. The Labute approximate surface area is 96.9 Å². The van der Waals surface area contributed by atoms with E-state index in [1.54, 1.807) is 0 Å². The second-order valence-electron chi connectivity index (χ2n) is 4.50. The van der Waals surface area contributed by atoms with Gasteiger partial charge in [-0.3, -0.25) is 0 Å². The lowest BCUT2D eigenvalue weighted by molar-refractivity contribution is 0.0748. The SMILES string of the molecule is C#CC1(O)CCN(c2ccc(C)cc2)CC1. The monoisotopic (exact) mass is 215 g/mol. The summed E-state index contributed by atoms with van der Waals surface area (Å²) in [6.07, 6.45) is 6.62. The summed E-state index contributed by atoms with van der Waals surface area (Å²) < 4.78 is 0. The number of anilines is 1. The molecular weight excluding hydrogens is 198 g/mol. The first kappa shape index (κ1) is 11.0. The van der Waals surface area contributed by atoms with Gasteiger partial charge >= 0.3 is 0 Å². The minimum absolute atomic E-state index is 0.650. The molecule has 0 saturated carbocycles. The number of benzene rings is 1. The first-order valence-electron chi connectivity index (χ1n) is 5.65. The van der Waals surface area contributed by atoms with Gasteiger partial charge in [-0.05, 0) is 19.1 Å². The summed E-state index contributed by atoms with van der Waals surface area (Å²) in [5, 5.41) is 9.93. The van der Waals surface area contributed by atoms with Gasteiger partial charge in [-0.25, -0.2) is 0 Å². The van der Waals surface area contributed by atoms with Crippen molar-refractivity contribution in [3.05, 3.63) is 29.8 Å². The molecule has 2 heteroatoms. The number of aryl methyl sites for hydroxylation is 1. The van der Waals surface area contributed by atoms with Gasteiger partial charge in [-0.2, -0.15) is 0 Å². The maximum atomic E-state index is 9.93. The lowest BCUT2D eigenvalue weighted by Gasteiger charge is -2.36. The van der Waals surface area contributed by atoms with Crippen LogP contribution in [0.4, 0.5) is 5.69 Å². The minimum Gasteiger partial charge on any atom is -0.377 e. The van der Waals surface area contributed by atoms with Crippen molar-refractivity contribution in [1.82, 2.24) is 0 Å². The summed E-state index contributed by atoms with van der Waals surface area (Å²) in [4.78, 5) is 2.27. The molecule has 1 fully saturated rings. The predicted octanol–water partition coefficient (Wildman–Crippen LogP) is 1.96. The van der Waals surface area contributed by atoms with E-state index in [2.05, 4.69) is 42.0 Å².